The first-order valence-electron chi connectivity index (χ1n) is 9.00. The molecular weight excluding hydrogens is 310 g/mol. The van der Waals surface area contributed by atoms with Crippen LogP contribution >= 0.6 is 0 Å². The summed E-state index contributed by atoms with van der Waals surface area (Å²) in [5.74, 6) is 0.898. The number of piperidine rings is 1. The summed E-state index contributed by atoms with van der Waals surface area (Å²) in [5.41, 5.74) is 2.26. The van der Waals surface area contributed by atoms with Gasteiger partial charge < -0.3 is 4.90 Å². The molecule has 0 amide bonds. The van der Waals surface area contributed by atoms with Crippen LogP contribution in [-0.4, -0.2) is 41.0 Å². The number of nitriles is 1. The molecule has 2 aromatic rings. The normalized spacial score (nSPS) is 19.9. The zero-order chi connectivity index (χ0) is 17.1. The van der Waals surface area contributed by atoms with Crippen molar-refractivity contribution in [1.82, 2.24) is 14.9 Å². The zero-order valence-corrected chi connectivity index (χ0v) is 14.4. The molecule has 5 nitrogen and oxygen atoms in total. The van der Waals surface area contributed by atoms with Gasteiger partial charge >= 0.3 is 0 Å². The zero-order valence-electron chi connectivity index (χ0n) is 14.4. The van der Waals surface area contributed by atoms with Crippen molar-refractivity contribution >= 4 is 5.82 Å². The maximum Gasteiger partial charge on any atom is 0.145 e. The van der Waals surface area contributed by atoms with Crippen LogP contribution in [0.4, 0.5) is 5.82 Å². The molecular formula is C20H23N5. The Bertz CT molecular complexity index is 759. The van der Waals surface area contributed by atoms with E-state index < -0.39 is 0 Å². The highest BCUT2D eigenvalue weighted by molar-refractivity contribution is 5.43. The van der Waals surface area contributed by atoms with Crippen molar-refractivity contribution in [3.05, 3.63) is 54.0 Å². The minimum atomic E-state index is 0.408. The van der Waals surface area contributed by atoms with E-state index in [4.69, 9.17) is 5.26 Å². The average Bonchev–Trinajstić information content (AvgIpc) is 3.09. The van der Waals surface area contributed by atoms with Crippen LogP contribution in [0.2, 0.25) is 0 Å². The van der Waals surface area contributed by atoms with Gasteiger partial charge in [-0.1, -0.05) is 30.3 Å². The second-order valence-electron chi connectivity index (χ2n) is 7.31. The highest BCUT2D eigenvalue weighted by Crippen LogP contribution is 2.41. The van der Waals surface area contributed by atoms with Crippen molar-refractivity contribution in [1.29, 1.82) is 5.26 Å². The first kappa shape index (κ1) is 16.0. The molecule has 2 aliphatic heterocycles. The number of rotatable bonds is 3. The third-order valence-electron chi connectivity index (χ3n) is 5.70. The van der Waals surface area contributed by atoms with Crippen LogP contribution < -0.4 is 4.90 Å². The van der Waals surface area contributed by atoms with Crippen molar-refractivity contribution < 1.29 is 0 Å². The maximum atomic E-state index is 9.03. The fraction of sp³-hybridized carbons (Fsp3) is 0.450. The van der Waals surface area contributed by atoms with Crippen molar-refractivity contribution in [2.75, 3.05) is 31.1 Å². The van der Waals surface area contributed by atoms with Crippen LogP contribution in [0.25, 0.3) is 0 Å². The number of anilines is 1. The molecule has 1 aromatic carbocycles. The number of likely N-dealkylation sites (tertiary alicyclic amines) is 1. The summed E-state index contributed by atoms with van der Waals surface area (Å²) >= 11 is 0. The lowest BCUT2D eigenvalue weighted by Crippen LogP contribution is -2.41. The summed E-state index contributed by atoms with van der Waals surface area (Å²) < 4.78 is 0. The Morgan fingerprint density at radius 3 is 2.56 bits per heavy atom. The molecule has 0 aliphatic carbocycles. The topological polar surface area (TPSA) is 56.1 Å². The van der Waals surface area contributed by atoms with Crippen molar-refractivity contribution in [3.8, 4) is 6.07 Å². The molecule has 0 radical (unpaired) electrons. The van der Waals surface area contributed by atoms with Gasteiger partial charge in [-0.2, -0.15) is 5.26 Å². The number of nitrogens with zero attached hydrogens (tertiary/aromatic N) is 5. The van der Waals surface area contributed by atoms with Gasteiger partial charge in [-0.3, -0.25) is 4.90 Å². The summed E-state index contributed by atoms with van der Waals surface area (Å²) in [4.78, 5) is 13.2. The second-order valence-corrected chi connectivity index (χ2v) is 7.31. The molecule has 2 fully saturated rings. The van der Waals surface area contributed by atoms with Gasteiger partial charge in [0.15, 0.2) is 0 Å². The molecule has 0 atom stereocenters. The summed E-state index contributed by atoms with van der Waals surface area (Å²) in [6, 6.07) is 14.7. The van der Waals surface area contributed by atoms with Gasteiger partial charge in [0.05, 0.1) is 0 Å². The largest absolute Gasteiger partial charge is 0.356 e. The first-order chi connectivity index (χ1) is 12.3. The second kappa shape index (κ2) is 6.81. The predicted molar refractivity (Wildman–Crippen MR) is 97.0 cm³/mol. The van der Waals surface area contributed by atoms with Gasteiger partial charge in [0, 0.05) is 25.7 Å². The Morgan fingerprint density at radius 2 is 1.80 bits per heavy atom. The Kier molecular flexibility index (Phi) is 4.37. The van der Waals surface area contributed by atoms with Crippen LogP contribution in [0.1, 0.15) is 30.5 Å². The minimum absolute atomic E-state index is 0.408. The summed E-state index contributed by atoms with van der Waals surface area (Å²) in [7, 11) is 0. The first-order valence-corrected chi connectivity index (χ1v) is 9.00. The van der Waals surface area contributed by atoms with Gasteiger partial charge in [-0.05, 0) is 43.3 Å². The van der Waals surface area contributed by atoms with E-state index >= 15 is 0 Å². The molecule has 0 unspecified atom stereocenters. The summed E-state index contributed by atoms with van der Waals surface area (Å²) in [6.07, 6.45) is 5.21. The Labute approximate surface area is 148 Å². The number of hydrogen-bond donors (Lipinski definition) is 0. The highest BCUT2D eigenvalue weighted by atomic mass is 15.2. The van der Waals surface area contributed by atoms with Crippen molar-refractivity contribution in [2.24, 2.45) is 5.41 Å². The van der Waals surface area contributed by atoms with Crippen LogP contribution in [0.3, 0.4) is 0 Å². The Balaban J connectivity index is 1.36. The fourth-order valence-electron chi connectivity index (χ4n) is 4.15. The van der Waals surface area contributed by atoms with Gasteiger partial charge in [0.2, 0.25) is 0 Å². The third-order valence-corrected chi connectivity index (χ3v) is 5.70. The van der Waals surface area contributed by atoms with E-state index in [1.54, 1.807) is 0 Å². The van der Waals surface area contributed by atoms with E-state index in [0.29, 0.717) is 11.1 Å². The van der Waals surface area contributed by atoms with E-state index in [9.17, 15) is 0 Å². The van der Waals surface area contributed by atoms with E-state index in [-0.39, 0.29) is 0 Å². The third kappa shape index (κ3) is 3.49. The maximum absolute atomic E-state index is 9.03. The van der Waals surface area contributed by atoms with Crippen molar-refractivity contribution in [3.63, 3.8) is 0 Å². The monoisotopic (exact) mass is 333 g/mol. The molecule has 2 aliphatic rings. The van der Waals surface area contributed by atoms with Crippen LogP contribution in [0.15, 0.2) is 42.7 Å². The van der Waals surface area contributed by atoms with E-state index in [1.165, 1.54) is 31.2 Å². The molecule has 25 heavy (non-hydrogen) atoms. The lowest BCUT2D eigenvalue weighted by Gasteiger charge is -2.39. The highest BCUT2D eigenvalue weighted by Gasteiger charge is 2.40. The van der Waals surface area contributed by atoms with E-state index in [0.717, 1.165) is 38.5 Å². The van der Waals surface area contributed by atoms with Gasteiger partial charge in [-0.25, -0.2) is 9.97 Å². The summed E-state index contributed by atoms with van der Waals surface area (Å²) in [6.45, 7) is 5.46. The Morgan fingerprint density at radius 1 is 1.04 bits per heavy atom. The van der Waals surface area contributed by atoms with Crippen LogP contribution in [-0.2, 0) is 6.54 Å². The smallest absolute Gasteiger partial charge is 0.145 e. The molecule has 2 saturated heterocycles. The quantitative estimate of drug-likeness (QED) is 0.864. The van der Waals surface area contributed by atoms with Gasteiger partial charge in [-0.15, -0.1) is 0 Å². The molecule has 4 rings (SSSR count). The molecule has 0 N–H and O–H groups in total. The molecule has 3 heterocycles. The molecule has 1 aromatic heterocycles. The van der Waals surface area contributed by atoms with Crippen LogP contribution in [0, 0.1) is 16.7 Å². The average molecular weight is 333 g/mol. The van der Waals surface area contributed by atoms with Crippen LogP contribution in [0.5, 0.6) is 0 Å². The predicted octanol–water partition coefficient (Wildman–Crippen LogP) is 2.84. The standard InChI is InChI=1S/C20H23N5/c21-13-18-12-19(23-16-22-18)25-11-8-20(15-25)6-9-24(10-7-20)14-17-4-2-1-3-5-17/h1-5,12,16H,6-11,14-15H2. The minimum Gasteiger partial charge on any atom is -0.356 e. The molecule has 5 heteroatoms. The fourth-order valence-corrected chi connectivity index (χ4v) is 4.15. The molecule has 128 valence electrons. The number of benzene rings is 1. The SMILES string of the molecule is N#Cc1cc(N2CCC3(CCN(Cc4ccccc4)CC3)C2)ncn1. The lowest BCUT2D eigenvalue weighted by molar-refractivity contribution is 0.115. The molecule has 1 spiro atoms. The summed E-state index contributed by atoms with van der Waals surface area (Å²) in [5, 5.41) is 9.03. The van der Waals surface area contributed by atoms with Gasteiger partial charge in [0.1, 0.15) is 23.9 Å². The van der Waals surface area contributed by atoms with E-state index in [1.807, 2.05) is 6.07 Å². The van der Waals surface area contributed by atoms with Crippen molar-refractivity contribution in [2.45, 2.75) is 25.8 Å². The van der Waals surface area contributed by atoms with Gasteiger partial charge in [0.25, 0.3) is 0 Å². The number of hydrogen-bond acceptors (Lipinski definition) is 5. The molecule has 0 saturated carbocycles. The van der Waals surface area contributed by atoms with E-state index in [2.05, 4.69) is 56.2 Å². The Hall–Kier alpha value is -2.45. The number of aromatic nitrogens is 2. The molecule has 0 bridgehead atoms. The lowest BCUT2D eigenvalue weighted by atomic mass is 9.77.